The van der Waals surface area contributed by atoms with Gasteiger partial charge in [0.1, 0.15) is 0 Å². The molecule has 24 heavy (non-hydrogen) atoms. The van der Waals surface area contributed by atoms with E-state index >= 15 is 0 Å². The molecule has 0 bridgehead atoms. The molecule has 0 unspecified atom stereocenters. The van der Waals surface area contributed by atoms with Crippen molar-refractivity contribution in [1.29, 1.82) is 0 Å². The average molecular weight is 343 g/mol. The highest BCUT2D eigenvalue weighted by atomic mass is 32.1. The molecule has 1 aromatic carbocycles. The third kappa shape index (κ3) is 3.28. The van der Waals surface area contributed by atoms with E-state index < -0.39 is 0 Å². The molecule has 0 fully saturated rings. The van der Waals surface area contributed by atoms with Crippen LogP contribution in [0.25, 0.3) is 10.9 Å². The summed E-state index contributed by atoms with van der Waals surface area (Å²) in [7, 11) is 0. The molecule has 3 aromatic rings. The number of anilines is 1. The van der Waals surface area contributed by atoms with Gasteiger partial charge in [-0.15, -0.1) is 11.3 Å². The SMILES string of the molecule is CCn1c(NNC(=O)Cc2csc(C)n2)nc2ccccc2c1=O. The van der Waals surface area contributed by atoms with Crippen LogP contribution < -0.4 is 16.4 Å². The molecule has 2 heterocycles. The molecule has 0 radical (unpaired) electrons. The van der Waals surface area contributed by atoms with E-state index in [9.17, 15) is 9.59 Å². The molecule has 0 saturated heterocycles. The van der Waals surface area contributed by atoms with Crippen LogP contribution in [0.5, 0.6) is 0 Å². The van der Waals surface area contributed by atoms with Gasteiger partial charge >= 0.3 is 0 Å². The van der Waals surface area contributed by atoms with Crippen LogP contribution in [0.4, 0.5) is 5.95 Å². The van der Waals surface area contributed by atoms with E-state index in [1.807, 2.05) is 25.3 Å². The Bertz CT molecular complexity index is 947. The maximum absolute atomic E-state index is 12.5. The zero-order valence-electron chi connectivity index (χ0n) is 13.4. The second-order valence-corrected chi connectivity index (χ2v) is 6.27. The van der Waals surface area contributed by atoms with Gasteiger partial charge in [-0.05, 0) is 26.0 Å². The second-order valence-electron chi connectivity index (χ2n) is 5.21. The van der Waals surface area contributed by atoms with Crippen molar-refractivity contribution in [3.63, 3.8) is 0 Å². The van der Waals surface area contributed by atoms with Gasteiger partial charge in [0, 0.05) is 11.9 Å². The summed E-state index contributed by atoms with van der Waals surface area (Å²) in [5.74, 6) is 0.0642. The van der Waals surface area contributed by atoms with Crippen LogP contribution >= 0.6 is 11.3 Å². The van der Waals surface area contributed by atoms with Crippen LogP contribution in [0.2, 0.25) is 0 Å². The zero-order valence-corrected chi connectivity index (χ0v) is 14.2. The summed E-state index contributed by atoms with van der Waals surface area (Å²) in [5.41, 5.74) is 6.49. The van der Waals surface area contributed by atoms with E-state index in [4.69, 9.17) is 0 Å². The first-order valence-corrected chi connectivity index (χ1v) is 8.42. The number of fused-ring (bicyclic) bond motifs is 1. The molecule has 0 atom stereocenters. The van der Waals surface area contributed by atoms with Crippen LogP contribution in [-0.2, 0) is 17.8 Å². The van der Waals surface area contributed by atoms with Crippen molar-refractivity contribution in [3.8, 4) is 0 Å². The van der Waals surface area contributed by atoms with Crippen LogP contribution in [0.1, 0.15) is 17.6 Å². The van der Waals surface area contributed by atoms with Gasteiger partial charge in [-0.1, -0.05) is 12.1 Å². The first-order valence-electron chi connectivity index (χ1n) is 7.54. The summed E-state index contributed by atoms with van der Waals surface area (Å²) < 4.78 is 1.48. The zero-order chi connectivity index (χ0) is 17.1. The molecule has 7 nitrogen and oxygen atoms in total. The largest absolute Gasteiger partial charge is 0.277 e. The minimum Gasteiger partial charge on any atom is -0.277 e. The Morgan fingerprint density at radius 2 is 2.08 bits per heavy atom. The maximum Gasteiger partial charge on any atom is 0.262 e. The van der Waals surface area contributed by atoms with Crippen molar-refractivity contribution in [2.45, 2.75) is 26.8 Å². The van der Waals surface area contributed by atoms with E-state index in [0.29, 0.717) is 23.4 Å². The van der Waals surface area contributed by atoms with Crippen molar-refractivity contribution in [3.05, 3.63) is 50.7 Å². The molecule has 8 heteroatoms. The normalized spacial score (nSPS) is 10.8. The molecular weight excluding hydrogens is 326 g/mol. The predicted molar refractivity (Wildman–Crippen MR) is 94.0 cm³/mol. The van der Waals surface area contributed by atoms with E-state index in [-0.39, 0.29) is 17.9 Å². The smallest absolute Gasteiger partial charge is 0.262 e. The molecule has 0 aliphatic rings. The number of nitrogens with one attached hydrogen (secondary N) is 2. The lowest BCUT2D eigenvalue weighted by Gasteiger charge is -2.13. The number of hydrogen-bond acceptors (Lipinski definition) is 6. The molecule has 0 saturated carbocycles. The molecule has 1 amide bonds. The number of amides is 1. The van der Waals surface area contributed by atoms with Crippen molar-refractivity contribution >= 4 is 34.1 Å². The Morgan fingerprint density at radius 3 is 2.79 bits per heavy atom. The van der Waals surface area contributed by atoms with Crippen LogP contribution in [0, 0.1) is 6.92 Å². The number of aromatic nitrogens is 3. The summed E-state index contributed by atoms with van der Waals surface area (Å²) in [6.07, 6.45) is 0.168. The minimum atomic E-state index is -0.245. The number of para-hydroxylation sites is 1. The predicted octanol–water partition coefficient (Wildman–Crippen LogP) is 1.87. The molecule has 0 aliphatic heterocycles. The number of hydrogen-bond donors (Lipinski definition) is 2. The quantitative estimate of drug-likeness (QED) is 0.690. The first kappa shape index (κ1) is 16.1. The summed E-state index contributed by atoms with van der Waals surface area (Å²) in [5, 5.41) is 3.32. The van der Waals surface area contributed by atoms with Gasteiger partial charge in [-0.2, -0.15) is 0 Å². The second kappa shape index (κ2) is 6.79. The van der Waals surface area contributed by atoms with Gasteiger partial charge in [0.05, 0.1) is 28.0 Å². The lowest BCUT2D eigenvalue weighted by Crippen LogP contribution is -2.35. The Kier molecular flexibility index (Phi) is 4.57. The lowest BCUT2D eigenvalue weighted by atomic mass is 10.2. The van der Waals surface area contributed by atoms with Crippen molar-refractivity contribution < 1.29 is 4.79 Å². The van der Waals surface area contributed by atoms with Gasteiger partial charge in [-0.25, -0.2) is 9.97 Å². The van der Waals surface area contributed by atoms with E-state index in [1.54, 1.807) is 18.2 Å². The number of nitrogens with zero attached hydrogens (tertiary/aromatic N) is 3. The van der Waals surface area contributed by atoms with Gasteiger partial charge < -0.3 is 0 Å². The van der Waals surface area contributed by atoms with Gasteiger partial charge in [0.25, 0.3) is 5.56 Å². The lowest BCUT2D eigenvalue weighted by molar-refractivity contribution is -0.120. The van der Waals surface area contributed by atoms with E-state index in [0.717, 1.165) is 10.7 Å². The fraction of sp³-hybridized carbons (Fsp3) is 0.250. The Labute approximate surface area is 142 Å². The third-order valence-corrected chi connectivity index (χ3v) is 4.32. The minimum absolute atomic E-state index is 0.144. The summed E-state index contributed by atoms with van der Waals surface area (Å²) in [6.45, 7) is 4.19. The fourth-order valence-electron chi connectivity index (χ4n) is 2.38. The topological polar surface area (TPSA) is 88.9 Å². The van der Waals surface area contributed by atoms with Crippen molar-refractivity contribution in [1.82, 2.24) is 20.0 Å². The first-order chi connectivity index (χ1) is 11.6. The summed E-state index contributed by atoms with van der Waals surface area (Å²) in [6, 6.07) is 7.12. The number of rotatable bonds is 5. The fourth-order valence-corrected chi connectivity index (χ4v) is 2.99. The van der Waals surface area contributed by atoms with Crippen LogP contribution in [0.3, 0.4) is 0 Å². The Balaban J connectivity index is 1.79. The average Bonchev–Trinajstić information content (AvgIpc) is 2.98. The number of benzene rings is 1. The molecule has 3 rings (SSSR count). The number of hydrazine groups is 1. The molecule has 2 aromatic heterocycles. The highest BCUT2D eigenvalue weighted by Gasteiger charge is 2.11. The number of aryl methyl sites for hydroxylation is 1. The molecule has 0 spiro atoms. The number of carbonyl (C=O) groups is 1. The standard InChI is InChI=1S/C16H17N5O2S/c1-3-21-15(23)12-6-4-5-7-13(12)18-16(21)20-19-14(22)8-11-9-24-10(2)17-11/h4-7,9H,3,8H2,1-2H3,(H,18,20)(H,19,22). The highest BCUT2D eigenvalue weighted by molar-refractivity contribution is 7.09. The van der Waals surface area contributed by atoms with Gasteiger partial charge in [0.15, 0.2) is 0 Å². The highest BCUT2D eigenvalue weighted by Crippen LogP contribution is 2.11. The van der Waals surface area contributed by atoms with Crippen molar-refractivity contribution in [2.75, 3.05) is 5.43 Å². The summed E-state index contributed by atoms with van der Waals surface area (Å²) in [4.78, 5) is 33.2. The number of carbonyl (C=O) groups excluding carboxylic acids is 1. The van der Waals surface area contributed by atoms with E-state index in [1.165, 1.54) is 15.9 Å². The molecule has 124 valence electrons. The molecule has 2 N–H and O–H groups in total. The van der Waals surface area contributed by atoms with Gasteiger partial charge in [0.2, 0.25) is 11.9 Å². The molecular formula is C16H17N5O2S. The Morgan fingerprint density at radius 1 is 1.29 bits per heavy atom. The van der Waals surface area contributed by atoms with Gasteiger partial charge in [-0.3, -0.25) is 25.0 Å². The van der Waals surface area contributed by atoms with Crippen LogP contribution in [0.15, 0.2) is 34.4 Å². The molecule has 0 aliphatic carbocycles. The number of thiazole rings is 1. The Hall–Kier alpha value is -2.74. The van der Waals surface area contributed by atoms with E-state index in [2.05, 4.69) is 20.8 Å². The third-order valence-electron chi connectivity index (χ3n) is 3.50. The van der Waals surface area contributed by atoms with Crippen LogP contribution in [-0.4, -0.2) is 20.4 Å². The summed E-state index contributed by atoms with van der Waals surface area (Å²) >= 11 is 1.50. The van der Waals surface area contributed by atoms with Crippen molar-refractivity contribution in [2.24, 2.45) is 0 Å². The maximum atomic E-state index is 12.5. The monoisotopic (exact) mass is 343 g/mol.